The molecule has 1 fully saturated rings. The van der Waals surface area contributed by atoms with Crippen LogP contribution in [0, 0.1) is 12.7 Å². The fraction of sp³-hybridized carbons (Fsp3) is 0.227. The number of carbonyl (C=O) groups is 1. The molecule has 2 heterocycles. The molecule has 0 radical (unpaired) electrons. The van der Waals surface area contributed by atoms with Gasteiger partial charge in [-0.3, -0.25) is 9.59 Å². The number of hydrogen-bond acceptors (Lipinski definition) is 3. The van der Waals surface area contributed by atoms with Gasteiger partial charge in [-0.1, -0.05) is 18.2 Å². The smallest absolute Gasteiger partial charge is 0.323 e. The third-order valence-electron chi connectivity index (χ3n) is 5.54. The number of carboxylic acids is 1. The molecule has 1 aliphatic rings. The first-order valence-corrected chi connectivity index (χ1v) is 9.48. The predicted molar refractivity (Wildman–Crippen MR) is 108 cm³/mol. The van der Waals surface area contributed by atoms with E-state index in [1.54, 1.807) is 23.6 Å². The van der Waals surface area contributed by atoms with Crippen molar-refractivity contribution in [2.24, 2.45) is 0 Å². The third kappa shape index (κ3) is 2.73. The molecule has 0 aliphatic heterocycles. The molecule has 0 bridgehead atoms. The highest BCUT2D eigenvalue weighted by Gasteiger charge is 2.29. The maximum Gasteiger partial charge on any atom is 0.323 e. The Morgan fingerprint density at radius 2 is 1.90 bits per heavy atom. The molecular formula is C22H18FN3O3. The fourth-order valence-electron chi connectivity index (χ4n) is 4.05. The van der Waals surface area contributed by atoms with E-state index in [9.17, 15) is 19.1 Å². The molecule has 1 saturated carbocycles. The van der Waals surface area contributed by atoms with E-state index in [0.717, 1.165) is 12.8 Å². The molecule has 4 aromatic rings. The van der Waals surface area contributed by atoms with Crippen molar-refractivity contribution in [3.8, 4) is 11.3 Å². The van der Waals surface area contributed by atoms with E-state index >= 15 is 0 Å². The first-order valence-electron chi connectivity index (χ1n) is 9.48. The van der Waals surface area contributed by atoms with E-state index in [0.29, 0.717) is 38.6 Å². The van der Waals surface area contributed by atoms with Crippen molar-refractivity contribution in [1.82, 2.24) is 14.3 Å². The van der Waals surface area contributed by atoms with Gasteiger partial charge in [-0.05, 0) is 44.0 Å². The van der Waals surface area contributed by atoms with Gasteiger partial charge >= 0.3 is 5.97 Å². The van der Waals surface area contributed by atoms with E-state index in [1.165, 1.54) is 16.8 Å². The van der Waals surface area contributed by atoms with Gasteiger partial charge < -0.3 is 9.67 Å². The third-order valence-corrected chi connectivity index (χ3v) is 5.54. The zero-order chi connectivity index (χ0) is 20.3. The lowest BCUT2D eigenvalue weighted by Crippen LogP contribution is -2.23. The Morgan fingerprint density at radius 3 is 2.59 bits per heavy atom. The Morgan fingerprint density at radius 1 is 1.17 bits per heavy atom. The number of benzene rings is 2. The number of halogens is 1. The molecule has 1 N–H and O–H groups in total. The summed E-state index contributed by atoms with van der Waals surface area (Å²) in [6.07, 6.45) is 1.80. The van der Waals surface area contributed by atoms with Gasteiger partial charge in [0.05, 0.1) is 11.4 Å². The van der Waals surface area contributed by atoms with Gasteiger partial charge in [0.15, 0.2) is 0 Å². The number of rotatable bonds is 4. The molecule has 146 valence electrons. The minimum absolute atomic E-state index is 0.0790. The van der Waals surface area contributed by atoms with Crippen molar-refractivity contribution >= 4 is 27.6 Å². The number of carboxylic acid groups (broad SMARTS) is 1. The fourth-order valence-corrected chi connectivity index (χ4v) is 4.05. The van der Waals surface area contributed by atoms with Gasteiger partial charge in [-0.25, -0.2) is 9.07 Å². The zero-order valence-corrected chi connectivity index (χ0v) is 15.7. The molecule has 0 atom stereocenters. The summed E-state index contributed by atoms with van der Waals surface area (Å²) in [4.78, 5) is 24.3. The molecule has 6 nitrogen and oxygen atoms in total. The lowest BCUT2D eigenvalue weighted by molar-refractivity contribution is -0.137. The summed E-state index contributed by atoms with van der Waals surface area (Å²) in [7, 11) is 0. The summed E-state index contributed by atoms with van der Waals surface area (Å²) in [5.74, 6) is -1.40. The van der Waals surface area contributed by atoms with Crippen molar-refractivity contribution in [3.63, 3.8) is 0 Å². The quantitative estimate of drug-likeness (QED) is 0.573. The van der Waals surface area contributed by atoms with E-state index in [1.807, 2.05) is 18.2 Å². The number of aromatic nitrogens is 3. The Hall–Kier alpha value is -3.48. The SMILES string of the molecule is Cc1c(-c2nn(C3CC3)c(=O)c3ccccc23)c2cc(F)ccc2n1CC(=O)O. The molecule has 1 aliphatic carbocycles. The maximum absolute atomic E-state index is 14.1. The molecular weight excluding hydrogens is 373 g/mol. The van der Waals surface area contributed by atoms with Crippen LogP contribution in [0.25, 0.3) is 32.9 Å². The minimum atomic E-state index is -0.985. The monoisotopic (exact) mass is 391 g/mol. The van der Waals surface area contributed by atoms with Gasteiger partial charge in [0.2, 0.25) is 0 Å². The van der Waals surface area contributed by atoms with Crippen LogP contribution in [0.1, 0.15) is 24.6 Å². The molecule has 29 heavy (non-hydrogen) atoms. The van der Waals surface area contributed by atoms with E-state index in [2.05, 4.69) is 5.10 Å². The first-order chi connectivity index (χ1) is 14.0. The van der Waals surface area contributed by atoms with Crippen LogP contribution in [-0.2, 0) is 11.3 Å². The summed E-state index contributed by atoms with van der Waals surface area (Å²) in [5.41, 5.74) is 2.39. The molecule has 0 spiro atoms. The van der Waals surface area contributed by atoms with Crippen LogP contribution in [-0.4, -0.2) is 25.4 Å². The van der Waals surface area contributed by atoms with Crippen molar-refractivity contribution < 1.29 is 14.3 Å². The van der Waals surface area contributed by atoms with Gasteiger partial charge in [0, 0.05) is 27.5 Å². The van der Waals surface area contributed by atoms with Crippen molar-refractivity contribution in [3.05, 3.63) is 64.3 Å². The van der Waals surface area contributed by atoms with Crippen molar-refractivity contribution in [2.75, 3.05) is 0 Å². The first kappa shape index (κ1) is 17.6. The van der Waals surface area contributed by atoms with Gasteiger partial charge in [0.25, 0.3) is 5.56 Å². The van der Waals surface area contributed by atoms with Crippen LogP contribution in [0.4, 0.5) is 4.39 Å². The second kappa shape index (κ2) is 6.27. The second-order valence-corrected chi connectivity index (χ2v) is 7.48. The molecule has 0 unspecified atom stereocenters. The highest BCUT2D eigenvalue weighted by molar-refractivity contribution is 6.05. The van der Waals surface area contributed by atoms with Gasteiger partial charge in [-0.15, -0.1) is 0 Å². The lowest BCUT2D eigenvalue weighted by atomic mass is 10.0. The number of aliphatic carboxylic acids is 1. The lowest BCUT2D eigenvalue weighted by Gasteiger charge is -2.11. The van der Waals surface area contributed by atoms with Crippen molar-refractivity contribution in [1.29, 1.82) is 0 Å². The highest BCUT2D eigenvalue weighted by atomic mass is 19.1. The summed E-state index contributed by atoms with van der Waals surface area (Å²) in [5, 5.41) is 15.9. The topological polar surface area (TPSA) is 77.1 Å². The van der Waals surface area contributed by atoms with Crippen molar-refractivity contribution in [2.45, 2.75) is 32.4 Å². The summed E-state index contributed by atoms with van der Waals surface area (Å²) in [6.45, 7) is 1.56. The van der Waals surface area contributed by atoms with E-state index in [4.69, 9.17) is 0 Å². The Kier molecular flexibility index (Phi) is 3.81. The highest BCUT2D eigenvalue weighted by Crippen LogP contribution is 2.39. The van der Waals surface area contributed by atoms with Crippen LogP contribution >= 0.6 is 0 Å². The average molecular weight is 391 g/mol. The molecule has 5 rings (SSSR count). The normalized spacial score (nSPS) is 14.0. The predicted octanol–water partition coefficient (Wildman–Crippen LogP) is 3.89. The average Bonchev–Trinajstić information content (AvgIpc) is 3.50. The molecule has 0 amide bonds. The van der Waals surface area contributed by atoms with Gasteiger partial charge in [-0.2, -0.15) is 5.10 Å². The van der Waals surface area contributed by atoms with Gasteiger partial charge in [0.1, 0.15) is 18.1 Å². The van der Waals surface area contributed by atoms with Crippen LogP contribution in [0.3, 0.4) is 0 Å². The van der Waals surface area contributed by atoms with E-state index in [-0.39, 0.29) is 18.1 Å². The van der Waals surface area contributed by atoms with Crippen LogP contribution in [0.2, 0.25) is 0 Å². The molecule has 2 aromatic heterocycles. The standard InChI is InChI=1S/C22H18FN3O3/c1-12-20(17-10-13(23)6-9-18(17)25(12)11-19(27)28)21-15-4-2-3-5-16(15)22(29)26(24-21)14-7-8-14/h2-6,9-10,14H,7-8,11H2,1H3,(H,27,28). The van der Waals surface area contributed by atoms with Crippen LogP contribution in [0.15, 0.2) is 47.3 Å². The maximum atomic E-state index is 14.1. The largest absolute Gasteiger partial charge is 0.480 e. The zero-order valence-electron chi connectivity index (χ0n) is 15.7. The summed E-state index contributed by atoms with van der Waals surface area (Å²) >= 11 is 0. The number of fused-ring (bicyclic) bond motifs is 2. The summed E-state index contributed by atoms with van der Waals surface area (Å²) < 4.78 is 17.3. The molecule has 7 heteroatoms. The Balaban J connectivity index is 1.92. The number of hydrogen-bond donors (Lipinski definition) is 1. The Bertz CT molecular complexity index is 1370. The number of nitrogens with zero attached hydrogens (tertiary/aromatic N) is 3. The molecule has 0 saturated heterocycles. The second-order valence-electron chi connectivity index (χ2n) is 7.48. The summed E-state index contributed by atoms with van der Waals surface area (Å²) in [6, 6.07) is 11.6. The Labute approximate surface area is 164 Å². The van der Waals surface area contributed by atoms with Crippen LogP contribution < -0.4 is 5.56 Å². The minimum Gasteiger partial charge on any atom is -0.480 e. The van der Waals surface area contributed by atoms with E-state index < -0.39 is 11.8 Å². The van der Waals surface area contributed by atoms with Crippen LogP contribution in [0.5, 0.6) is 0 Å². The molecule has 2 aromatic carbocycles.